The quantitative estimate of drug-likeness (QED) is 0.159. The van der Waals surface area contributed by atoms with E-state index in [1.54, 1.807) is 11.3 Å². The van der Waals surface area contributed by atoms with Crippen LogP contribution in [0, 0.1) is 0 Å². The molecular weight excluding hydrogens is 785 g/mol. The largest absolute Gasteiger partial charge is 0.310 e. The number of thiazole rings is 1. The predicted octanol–water partition coefficient (Wildman–Crippen LogP) is 17.2. The highest BCUT2D eigenvalue weighted by atomic mass is 32.1. The summed E-state index contributed by atoms with van der Waals surface area (Å²) in [5.74, 6) is 0. The molecule has 0 atom stereocenters. The van der Waals surface area contributed by atoms with Gasteiger partial charge in [-0.2, -0.15) is 0 Å². The molecular formula is C55H34N2S3. The normalized spacial score (nSPS) is 11.7. The molecule has 0 unspecified atom stereocenters. The van der Waals surface area contributed by atoms with E-state index in [1.807, 2.05) is 22.7 Å². The van der Waals surface area contributed by atoms with Gasteiger partial charge in [0.05, 0.1) is 10.2 Å². The highest BCUT2D eigenvalue weighted by Crippen LogP contribution is 2.45. The number of anilines is 3. The van der Waals surface area contributed by atoms with Crippen LogP contribution in [0.5, 0.6) is 0 Å². The van der Waals surface area contributed by atoms with Gasteiger partial charge in [0, 0.05) is 63.0 Å². The summed E-state index contributed by atoms with van der Waals surface area (Å²) in [6.07, 6.45) is 0. The van der Waals surface area contributed by atoms with Gasteiger partial charge >= 0.3 is 0 Å². The summed E-state index contributed by atoms with van der Waals surface area (Å²) >= 11 is 5.52. The van der Waals surface area contributed by atoms with Gasteiger partial charge in [-0.05, 0) is 100 Å². The average Bonchev–Trinajstić information content (AvgIpc) is 4.04. The fourth-order valence-corrected chi connectivity index (χ4v) is 12.1. The van der Waals surface area contributed by atoms with Crippen LogP contribution in [0.1, 0.15) is 0 Å². The standard InChI is InChI=1S/C55H34N2S3/c1-3-11-35(12-4-1)36-21-26-41(27-22-36)57(43-16-9-15-40(33-43)44-18-10-20-49-52(44)45-17-7-8-19-48(45)58-49)42-28-23-37(24-29-42)39-25-30-46-51(34-39)59-50-32-31-47-54(53(46)50)60-55(56-47)38-13-5-2-6-14-38/h1-34H. The molecule has 0 aliphatic rings. The number of thiophene rings is 2. The van der Waals surface area contributed by atoms with Gasteiger partial charge in [0.2, 0.25) is 0 Å². The summed E-state index contributed by atoms with van der Waals surface area (Å²) < 4.78 is 6.48. The Morgan fingerprint density at radius 1 is 0.333 bits per heavy atom. The molecule has 0 saturated heterocycles. The van der Waals surface area contributed by atoms with Gasteiger partial charge in [0.15, 0.2) is 0 Å². The van der Waals surface area contributed by atoms with E-state index in [2.05, 4.69) is 211 Å². The van der Waals surface area contributed by atoms with Crippen molar-refractivity contribution in [3.63, 3.8) is 0 Å². The Morgan fingerprint density at radius 2 is 0.917 bits per heavy atom. The fraction of sp³-hybridized carbons (Fsp3) is 0. The summed E-state index contributed by atoms with van der Waals surface area (Å²) in [7, 11) is 0. The highest BCUT2D eigenvalue weighted by molar-refractivity contribution is 7.28. The molecule has 3 aromatic heterocycles. The van der Waals surface area contributed by atoms with Crippen molar-refractivity contribution in [2.45, 2.75) is 0 Å². The van der Waals surface area contributed by atoms with Crippen LogP contribution in [0.2, 0.25) is 0 Å². The molecule has 0 radical (unpaired) electrons. The van der Waals surface area contributed by atoms with Crippen molar-refractivity contribution in [2.24, 2.45) is 0 Å². The zero-order valence-electron chi connectivity index (χ0n) is 32.2. The molecule has 0 fully saturated rings. The van der Waals surface area contributed by atoms with E-state index in [4.69, 9.17) is 4.98 Å². The molecule has 0 amide bonds. The van der Waals surface area contributed by atoms with E-state index in [9.17, 15) is 0 Å². The maximum absolute atomic E-state index is 5.03. The van der Waals surface area contributed by atoms with Crippen molar-refractivity contribution in [2.75, 3.05) is 4.90 Å². The summed E-state index contributed by atoms with van der Waals surface area (Å²) in [4.78, 5) is 7.41. The van der Waals surface area contributed by atoms with Crippen molar-refractivity contribution >= 4 is 102 Å². The molecule has 12 rings (SSSR count). The number of rotatable bonds is 7. The Kier molecular flexibility index (Phi) is 8.44. The van der Waals surface area contributed by atoms with Crippen LogP contribution in [0.3, 0.4) is 0 Å². The van der Waals surface area contributed by atoms with Gasteiger partial charge in [-0.25, -0.2) is 4.98 Å². The third-order valence-electron chi connectivity index (χ3n) is 11.5. The van der Waals surface area contributed by atoms with E-state index in [-0.39, 0.29) is 0 Å². The number of fused-ring (bicyclic) bond motifs is 8. The lowest BCUT2D eigenvalue weighted by Gasteiger charge is -2.26. The van der Waals surface area contributed by atoms with Crippen molar-refractivity contribution in [1.29, 1.82) is 0 Å². The van der Waals surface area contributed by atoms with Crippen molar-refractivity contribution in [3.05, 3.63) is 206 Å². The molecule has 0 aliphatic heterocycles. The van der Waals surface area contributed by atoms with Crippen LogP contribution < -0.4 is 4.90 Å². The molecule has 0 aliphatic carbocycles. The van der Waals surface area contributed by atoms with Crippen molar-refractivity contribution < 1.29 is 0 Å². The van der Waals surface area contributed by atoms with Crippen molar-refractivity contribution in [3.8, 4) is 44.0 Å². The Labute approximate surface area is 359 Å². The topological polar surface area (TPSA) is 16.1 Å². The number of benzene rings is 9. The minimum absolute atomic E-state index is 1.06. The first-order valence-electron chi connectivity index (χ1n) is 20.1. The molecule has 0 saturated carbocycles. The lowest BCUT2D eigenvalue weighted by atomic mass is 9.98. The van der Waals surface area contributed by atoms with Gasteiger partial charge in [-0.15, -0.1) is 34.0 Å². The number of aromatic nitrogens is 1. The van der Waals surface area contributed by atoms with Crippen LogP contribution in [-0.4, -0.2) is 4.98 Å². The Morgan fingerprint density at radius 3 is 1.70 bits per heavy atom. The lowest BCUT2D eigenvalue weighted by molar-refractivity contribution is 1.28. The summed E-state index contributed by atoms with van der Waals surface area (Å²) in [6, 6.07) is 75.0. The first-order valence-corrected chi connectivity index (χ1v) is 22.5. The zero-order chi connectivity index (χ0) is 39.6. The number of nitrogens with zero attached hydrogens (tertiary/aromatic N) is 2. The molecule has 282 valence electrons. The second-order valence-electron chi connectivity index (χ2n) is 15.1. The minimum Gasteiger partial charge on any atom is -0.310 e. The van der Waals surface area contributed by atoms with Crippen molar-refractivity contribution in [1.82, 2.24) is 4.98 Å². The molecule has 0 N–H and O–H groups in total. The smallest absolute Gasteiger partial charge is 0.124 e. The SMILES string of the molecule is c1ccc(-c2ccc(N(c3ccc(-c4ccc5c(c4)sc4ccc6nc(-c7ccccc7)sc6c45)cc3)c3cccc(-c4cccc5sc6ccccc6c45)c3)cc2)cc1. The predicted molar refractivity (Wildman–Crippen MR) is 262 cm³/mol. The van der Waals surface area contributed by atoms with Crippen LogP contribution in [-0.2, 0) is 0 Å². The zero-order valence-corrected chi connectivity index (χ0v) is 34.7. The van der Waals surface area contributed by atoms with Gasteiger partial charge in [0.1, 0.15) is 5.01 Å². The lowest BCUT2D eigenvalue weighted by Crippen LogP contribution is -2.10. The Bertz CT molecular complexity index is 3530. The molecule has 5 heteroatoms. The Hall–Kier alpha value is -6.89. The van der Waals surface area contributed by atoms with Crippen LogP contribution in [0.4, 0.5) is 17.1 Å². The maximum Gasteiger partial charge on any atom is 0.124 e. The van der Waals surface area contributed by atoms with Gasteiger partial charge < -0.3 is 4.90 Å². The monoisotopic (exact) mass is 818 g/mol. The van der Waals surface area contributed by atoms with Crippen LogP contribution in [0.15, 0.2) is 206 Å². The van der Waals surface area contributed by atoms with Gasteiger partial charge in [-0.3, -0.25) is 0 Å². The molecule has 60 heavy (non-hydrogen) atoms. The van der Waals surface area contributed by atoms with E-state index < -0.39 is 0 Å². The average molecular weight is 819 g/mol. The summed E-state index contributed by atoms with van der Waals surface area (Å²) in [6.45, 7) is 0. The first kappa shape index (κ1) is 35.1. The highest BCUT2D eigenvalue weighted by Gasteiger charge is 2.18. The van der Waals surface area contributed by atoms with E-state index in [1.165, 1.54) is 78.4 Å². The summed E-state index contributed by atoms with van der Waals surface area (Å²) in [5.41, 5.74) is 12.8. The van der Waals surface area contributed by atoms with Crippen LogP contribution in [0.25, 0.3) is 94.5 Å². The van der Waals surface area contributed by atoms with Gasteiger partial charge in [-0.1, -0.05) is 140 Å². The molecule has 2 nitrogen and oxygen atoms in total. The summed E-state index contributed by atoms with van der Waals surface area (Å²) in [5, 5.41) is 6.30. The number of hydrogen-bond donors (Lipinski definition) is 0. The van der Waals surface area contributed by atoms with Crippen LogP contribution >= 0.6 is 34.0 Å². The molecule has 12 aromatic rings. The van der Waals surface area contributed by atoms with E-state index >= 15 is 0 Å². The first-order chi connectivity index (χ1) is 29.7. The minimum atomic E-state index is 1.06. The molecule has 3 heterocycles. The van der Waals surface area contributed by atoms with Gasteiger partial charge in [0.25, 0.3) is 0 Å². The number of hydrogen-bond acceptors (Lipinski definition) is 5. The molecule has 0 bridgehead atoms. The third-order valence-corrected chi connectivity index (χ3v) is 14.9. The second kappa shape index (κ2) is 14.4. The Balaban J connectivity index is 0.936. The molecule has 9 aromatic carbocycles. The van der Waals surface area contributed by atoms with E-state index in [0.29, 0.717) is 0 Å². The maximum atomic E-state index is 5.03. The fourth-order valence-electron chi connectivity index (χ4n) is 8.64. The third kappa shape index (κ3) is 6.01. The second-order valence-corrected chi connectivity index (χ2v) is 18.3. The van der Waals surface area contributed by atoms with E-state index in [0.717, 1.165) is 33.1 Å². The molecule has 0 spiro atoms.